The molecule has 2 amide bonds. The van der Waals surface area contributed by atoms with Crippen molar-refractivity contribution in [2.45, 2.75) is 24.0 Å². The van der Waals surface area contributed by atoms with Crippen LogP contribution in [0, 0.1) is 0 Å². The first kappa shape index (κ1) is 30.7. The van der Waals surface area contributed by atoms with Crippen LogP contribution in [0.25, 0.3) is 0 Å². The topological polar surface area (TPSA) is 96.0 Å². The standard InChI is InChI=1S/C32H29BrClN3O5S/c33-25-12-10-24(11-13-25)20-36(43(40,41)27-16-14-26(34)15-17-27)22-31(38)37-21-30(42-29-9-5-4-8-28(29)37)32(39)35-19-18-23-6-2-1-3-7-23/h1-17,30H,18-22H2,(H,35,39)/t30-/m0/s1. The highest BCUT2D eigenvalue weighted by Gasteiger charge is 2.36. The van der Waals surface area contributed by atoms with Gasteiger partial charge >= 0.3 is 0 Å². The summed E-state index contributed by atoms with van der Waals surface area (Å²) in [6, 6.07) is 29.7. The number of fused-ring (bicyclic) bond motifs is 1. The van der Waals surface area contributed by atoms with Crippen molar-refractivity contribution >= 4 is 55.1 Å². The molecule has 0 saturated carbocycles. The summed E-state index contributed by atoms with van der Waals surface area (Å²) in [5.41, 5.74) is 2.25. The third-order valence-electron chi connectivity index (χ3n) is 6.96. The van der Waals surface area contributed by atoms with E-state index >= 15 is 0 Å². The Labute approximate surface area is 264 Å². The van der Waals surface area contributed by atoms with Crippen molar-refractivity contribution in [1.29, 1.82) is 0 Å². The van der Waals surface area contributed by atoms with E-state index in [0.29, 0.717) is 35.0 Å². The van der Waals surface area contributed by atoms with Crippen LogP contribution in [0.4, 0.5) is 5.69 Å². The minimum absolute atomic E-state index is 0.0138. The molecule has 0 bridgehead atoms. The molecule has 4 aromatic rings. The summed E-state index contributed by atoms with van der Waals surface area (Å²) in [7, 11) is -4.10. The van der Waals surface area contributed by atoms with Crippen molar-refractivity contribution in [1.82, 2.24) is 9.62 Å². The monoisotopic (exact) mass is 681 g/mol. The molecule has 1 N–H and O–H groups in total. The smallest absolute Gasteiger partial charge is 0.262 e. The van der Waals surface area contributed by atoms with Crippen LogP contribution in [0.5, 0.6) is 5.75 Å². The molecule has 5 rings (SSSR count). The van der Waals surface area contributed by atoms with Gasteiger partial charge in [0.2, 0.25) is 15.9 Å². The number of halogens is 2. The fourth-order valence-corrected chi connectivity index (χ4v) is 6.47. The lowest BCUT2D eigenvalue weighted by Crippen LogP contribution is -2.53. The van der Waals surface area contributed by atoms with Crippen LogP contribution >= 0.6 is 27.5 Å². The van der Waals surface area contributed by atoms with Crippen LogP contribution in [0.1, 0.15) is 11.1 Å². The number of carbonyl (C=O) groups is 2. The number of nitrogens with zero attached hydrogens (tertiary/aromatic N) is 2. The lowest BCUT2D eigenvalue weighted by Gasteiger charge is -2.35. The Morgan fingerprint density at radius 3 is 2.30 bits per heavy atom. The van der Waals surface area contributed by atoms with E-state index < -0.39 is 28.6 Å². The molecular formula is C32H29BrClN3O5S. The molecule has 0 spiro atoms. The summed E-state index contributed by atoms with van der Waals surface area (Å²) in [4.78, 5) is 28.5. The molecule has 222 valence electrons. The summed E-state index contributed by atoms with van der Waals surface area (Å²) >= 11 is 9.40. The van der Waals surface area contributed by atoms with E-state index in [0.717, 1.165) is 14.3 Å². The molecular weight excluding hydrogens is 654 g/mol. The third kappa shape index (κ3) is 7.64. The fraction of sp³-hybridized carbons (Fsp3) is 0.188. The molecule has 8 nitrogen and oxygen atoms in total. The molecule has 0 aliphatic carbocycles. The molecule has 43 heavy (non-hydrogen) atoms. The van der Waals surface area contributed by atoms with Crippen molar-refractivity contribution in [2.75, 3.05) is 24.5 Å². The SMILES string of the molecule is O=C(NCCc1ccccc1)[C@@H]1CN(C(=O)CN(Cc2ccc(Br)cc2)S(=O)(=O)c2ccc(Cl)cc2)c2ccccc2O1. The number of ether oxygens (including phenoxy) is 1. The molecule has 0 unspecified atom stereocenters. The highest BCUT2D eigenvalue weighted by atomic mass is 79.9. The van der Waals surface area contributed by atoms with Crippen LogP contribution in [-0.2, 0) is 32.6 Å². The number of hydrogen-bond donors (Lipinski definition) is 1. The van der Waals surface area contributed by atoms with Gasteiger partial charge in [-0.2, -0.15) is 4.31 Å². The van der Waals surface area contributed by atoms with Gasteiger partial charge in [0.25, 0.3) is 5.91 Å². The molecule has 0 fully saturated rings. The summed E-state index contributed by atoms with van der Waals surface area (Å²) in [5.74, 6) is -0.485. The van der Waals surface area contributed by atoms with Crippen molar-refractivity contribution < 1.29 is 22.7 Å². The Kier molecular flexibility index (Phi) is 9.82. The zero-order chi connectivity index (χ0) is 30.4. The van der Waals surface area contributed by atoms with Gasteiger partial charge in [0.1, 0.15) is 5.75 Å². The third-order valence-corrected chi connectivity index (χ3v) is 9.54. The predicted molar refractivity (Wildman–Crippen MR) is 170 cm³/mol. The van der Waals surface area contributed by atoms with E-state index in [-0.39, 0.29) is 23.9 Å². The molecule has 0 saturated heterocycles. The molecule has 1 aliphatic rings. The lowest BCUT2D eigenvalue weighted by molar-refractivity contribution is -0.128. The maximum Gasteiger partial charge on any atom is 0.262 e. The van der Waals surface area contributed by atoms with E-state index in [1.54, 1.807) is 36.4 Å². The number of rotatable bonds is 10. The molecule has 0 aromatic heterocycles. The second kappa shape index (κ2) is 13.7. The quantitative estimate of drug-likeness (QED) is 0.240. The normalized spacial score (nSPS) is 14.6. The van der Waals surface area contributed by atoms with Gasteiger partial charge in [0, 0.05) is 22.6 Å². The Morgan fingerprint density at radius 2 is 1.58 bits per heavy atom. The predicted octanol–water partition coefficient (Wildman–Crippen LogP) is 5.45. The van der Waals surface area contributed by atoms with Crippen molar-refractivity contribution in [3.05, 3.63) is 124 Å². The van der Waals surface area contributed by atoms with Gasteiger partial charge in [0.15, 0.2) is 6.10 Å². The zero-order valence-electron chi connectivity index (χ0n) is 23.0. The zero-order valence-corrected chi connectivity index (χ0v) is 26.2. The number of sulfonamides is 1. The first-order valence-electron chi connectivity index (χ1n) is 13.6. The highest BCUT2D eigenvalue weighted by molar-refractivity contribution is 9.10. The second-order valence-corrected chi connectivity index (χ2v) is 13.2. The number of anilines is 1. The van der Waals surface area contributed by atoms with Gasteiger partial charge in [-0.1, -0.05) is 82.1 Å². The number of para-hydroxylation sites is 2. The van der Waals surface area contributed by atoms with Crippen LogP contribution < -0.4 is 15.0 Å². The Balaban J connectivity index is 1.37. The first-order valence-corrected chi connectivity index (χ1v) is 16.2. The molecule has 4 aromatic carbocycles. The fourth-order valence-electron chi connectivity index (χ4n) is 4.71. The van der Waals surface area contributed by atoms with Gasteiger partial charge in [-0.15, -0.1) is 0 Å². The molecule has 0 radical (unpaired) electrons. The van der Waals surface area contributed by atoms with E-state index in [1.165, 1.54) is 29.2 Å². The number of benzene rings is 4. The van der Waals surface area contributed by atoms with Gasteiger partial charge in [0.05, 0.1) is 23.7 Å². The highest BCUT2D eigenvalue weighted by Crippen LogP contribution is 2.34. The lowest BCUT2D eigenvalue weighted by atomic mass is 10.1. The summed E-state index contributed by atoms with van der Waals surface area (Å²) in [6.07, 6.45) is -0.325. The number of hydrogen-bond acceptors (Lipinski definition) is 5. The Hall–Kier alpha value is -3.70. The molecule has 1 aliphatic heterocycles. The van der Waals surface area contributed by atoms with Crippen LogP contribution in [0.2, 0.25) is 5.02 Å². The largest absolute Gasteiger partial charge is 0.477 e. The summed E-state index contributed by atoms with van der Waals surface area (Å²) < 4.78 is 35.6. The molecule has 1 heterocycles. The summed E-state index contributed by atoms with van der Waals surface area (Å²) in [5, 5.41) is 3.29. The molecule has 1 atom stereocenters. The maximum absolute atomic E-state index is 13.9. The van der Waals surface area contributed by atoms with Gasteiger partial charge in [-0.25, -0.2) is 8.42 Å². The van der Waals surface area contributed by atoms with Crippen molar-refractivity contribution in [2.24, 2.45) is 0 Å². The average Bonchev–Trinajstić information content (AvgIpc) is 3.01. The van der Waals surface area contributed by atoms with Crippen molar-refractivity contribution in [3.63, 3.8) is 0 Å². The van der Waals surface area contributed by atoms with Gasteiger partial charge < -0.3 is 15.0 Å². The number of amides is 2. The maximum atomic E-state index is 13.9. The van der Waals surface area contributed by atoms with E-state index in [9.17, 15) is 18.0 Å². The van der Waals surface area contributed by atoms with Crippen LogP contribution in [0.3, 0.4) is 0 Å². The Morgan fingerprint density at radius 1 is 0.907 bits per heavy atom. The van der Waals surface area contributed by atoms with E-state index in [4.69, 9.17) is 16.3 Å². The van der Waals surface area contributed by atoms with E-state index in [1.807, 2.05) is 42.5 Å². The van der Waals surface area contributed by atoms with E-state index in [2.05, 4.69) is 21.2 Å². The Bertz CT molecular complexity index is 1690. The van der Waals surface area contributed by atoms with Gasteiger partial charge in [-0.05, 0) is 66.1 Å². The van der Waals surface area contributed by atoms with Crippen LogP contribution in [0.15, 0.2) is 112 Å². The number of carbonyl (C=O) groups excluding carboxylic acids is 2. The van der Waals surface area contributed by atoms with Crippen molar-refractivity contribution in [3.8, 4) is 5.75 Å². The average molecular weight is 683 g/mol. The second-order valence-electron chi connectivity index (χ2n) is 9.96. The van der Waals surface area contributed by atoms with Crippen LogP contribution in [-0.4, -0.2) is 50.3 Å². The van der Waals surface area contributed by atoms with Gasteiger partial charge in [-0.3, -0.25) is 9.59 Å². The first-order chi connectivity index (χ1) is 20.7. The number of nitrogens with one attached hydrogen (secondary N) is 1. The summed E-state index contributed by atoms with van der Waals surface area (Å²) in [6.45, 7) is -0.171. The minimum atomic E-state index is -4.10. The molecule has 11 heteroatoms. The minimum Gasteiger partial charge on any atom is -0.477 e.